The minimum atomic E-state index is -3.55. The maximum absolute atomic E-state index is 13.0. The normalized spacial score (nSPS) is 20.0. The van der Waals surface area contributed by atoms with E-state index in [4.69, 9.17) is 10.7 Å². The molecule has 12 heteroatoms. The number of carbonyl (C=O) groups excluding carboxylic acids is 1. The first-order chi connectivity index (χ1) is 19.0. The lowest BCUT2D eigenvalue weighted by molar-refractivity contribution is -0.117. The molecule has 0 radical (unpaired) electrons. The van der Waals surface area contributed by atoms with E-state index in [1.165, 1.54) is 0 Å². The van der Waals surface area contributed by atoms with Crippen LogP contribution in [0, 0.1) is 0 Å². The Balaban J connectivity index is 1.41. The molecule has 11 nitrogen and oxygen atoms in total. The summed E-state index contributed by atoms with van der Waals surface area (Å²) in [5, 5.41) is 8.88. The summed E-state index contributed by atoms with van der Waals surface area (Å²) >= 11 is 0. The number of benzene rings is 2. The van der Waals surface area contributed by atoms with Gasteiger partial charge in [0.2, 0.25) is 11.7 Å². The quantitative estimate of drug-likeness (QED) is 0.294. The summed E-state index contributed by atoms with van der Waals surface area (Å²) in [6, 6.07) is 15.8. The number of piperazine rings is 1. The van der Waals surface area contributed by atoms with Gasteiger partial charge in [0.05, 0.1) is 28.1 Å². The van der Waals surface area contributed by atoms with E-state index in [0.717, 1.165) is 26.2 Å². The standard InChI is InChI=1S/C28H36N8O3S/c1-19(2)40(38,39)24-10-5-4-9-22(24)32-27-26-23(11-12-30-26)33-28(29,34-27)20-7-6-8-21(17-20)31-25(37)18-36-15-13-35(3)14-16-36/h4-12,17,19,30,33H,13-16,18,29H2,1-3H3,(H,31,37)(H,32,34). The average molecular weight is 565 g/mol. The third-order valence-corrected chi connectivity index (χ3v) is 9.42. The van der Waals surface area contributed by atoms with Crippen molar-refractivity contribution in [2.24, 2.45) is 10.7 Å². The van der Waals surface area contributed by atoms with Crippen LogP contribution in [0.15, 0.2) is 70.7 Å². The molecule has 1 fully saturated rings. The van der Waals surface area contributed by atoms with Gasteiger partial charge in [0.25, 0.3) is 0 Å². The van der Waals surface area contributed by atoms with Gasteiger partial charge in [-0.25, -0.2) is 13.4 Å². The average Bonchev–Trinajstić information content (AvgIpc) is 3.39. The van der Waals surface area contributed by atoms with Gasteiger partial charge in [0.1, 0.15) is 5.69 Å². The fourth-order valence-corrected chi connectivity index (χ4v) is 6.01. The number of rotatable bonds is 7. The Morgan fingerprint density at radius 3 is 2.60 bits per heavy atom. The molecule has 6 N–H and O–H groups in total. The van der Waals surface area contributed by atoms with E-state index in [9.17, 15) is 13.2 Å². The van der Waals surface area contributed by atoms with Crippen LogP contribution in [-0.4, -0.2) is 80.0 Å². The van der Waals surface area contributed by atoms with Crippen molar-refractivity contribution in [2.45, 2.75) is 29.8 Å². The maximum Gasteiger partial charge on any atom is 0.238 e. The maximum atomic E-state index is 13.0. The Kier molecular flexibility index (Phi) is 7.69. The second-order valence-corrected chi connectivity index (χ2v) is 13.0. The number of H-pyrrole nitrogens is 1. The van der Waals surface area contributed by atoms with Crippen molar-refractivity contribution in [2.75, 3.05) is 55.7 Å². The molecule has 1 unspecified atom stereocenters. The summed E-state index contributed by atoms with van der Waals surface area (Å²) in [7, 11) is -1.47. The van der Waals surface area contributed by atoms with E-state index in [0.29, 0.717) is 40.7 Å². The molecular weight excluding hydrogens is 528 g/mol. The van der Waals surface area contributed by atoms with Crippen molar-refractivity contribution in [1.29, 1.82) is 0 Å². The highest BCUT2D eigenvalue weighted by atomic mass is 32.2. The number of carbonyl (C=O) groups is 1. The molecule has 0 saturated carbocycles. The van der Waals surface area contributed by atoms with E-state index in [1.54, 1.807) is 50.4 Å². The molecule has 2 aromatic carbocycles. The summed E-state index contributed by atoms with van der Waals surface area (Å²) < 4.78 is 26.1. The van der Waals surface area contributed by atoms with Gasteiger partial charge in [0.15, 0.2) is 15.7 Å². The molecule has 1 amide bonds. The van der Waals surface area contributed by atoms with Crippen LogP contribution in [0.25, 0.3) is 0 Å². The number of hydrogen-bond donors (Lipinski definition) is 5. The fraction of sp³-hybridized carbons (Fsp3) is 0.357. The number of para-hydroxylation sites is 1. The number of aliphatic imine (C=N–C) groups is 1. The smallest absolute Gasteiger partial charge is 0.238 e. The number of hydrogen-bond acceptors (Lipinski definition) is 9. The van der Waals surface area contributed by atoms with Crippen molar-refractivity contribution < 1.29 is 13.2 Å². The molecule has 0 aliphatic carbocycles. The Morgan fingerprint density at radius 2 is 1.85 bits per heavy atom. The second-order valence-electron chi connectivity index (χ2n) is 10.5. The van der Waals surface area contributed by atoms with Crippen LogP contribution < -0.4 is 21.7 Å². The molecule has 1 aromatic heterocycles. The summed E-state index contributed by atoms with van der Waals surface area (Å²) in [6.07, 6.45) is 1.76. The van der Waals surface area contributed by atoms with Gasteiger partial charge in [0, 0.05) is 43.6 Å². The Labute approximate surface area is 234 Å². The summed E-state index contributed by atoms with van der Waals surface area (Å²) in [4.78, 5) is 25.3. The monoisotopic (exact) mass is 564 g/mol. The topological polar surface area (TPSA) is 148 Å². The number of nitrogens with one attached hydrogen (secondary N) is 4. The molecule has 2 aliphatic heterocycles. The van der Waals surface area contributed by atoms with Gasteiger partial charge >= 0.3 is 0 Å². The number of aromatic nitrogens is 1. The minimum Gasteiger partial charge on any atom is -0.357 e. The predicted molar refractivity (Wildman–Crippen MR) is 158 cm³/mol. The number of aromatic amines is 1. The SMILES string of the molecule is CC(C)S(=O)(=O)c1ccccc1NC1=NC(N)(c2cccc(NC(=O)CN3CCN(C)CC3)c2)Nc2cc[nH]c21. The van der Waals surface area contributed by atoms with Crippen LogP contribution in [0.2, 0.25) is 0 Å². The molecule has 1 atom stereocenters. The molecule has 2 aliphatic rings. The number of likely N-dealkylation sites (N-methyl/N-ethyl adjacent to an activating group) is 1. The summed E-state index contributed by atoms with van der Waals surface area (Å²) in [5.41, 5.74) is 9.83. The highest BCUT2D eigenvalue weighted by molar-refractivity contribution is 7.92. The molecule has 1 saturated heterocycles. The minimum absolute atomic E-state index is 0.0916. The van der Waals surface area contributed by atoms with E-state index < -0.39 is 20.9 Å². The number of sulfone groups is 1. The van der Waals surface area contributed by atoms with Crippen molar-refractivity contribution in [1.82, 2.24) is 14.8 Å². The molecule has 40 heavy (non-hydrogen) atoms. The highest BCUT2D eigenvalue weighted by Crippen LogP contribution is 2.33. The third-order valence-electron chi connectivity index (χ3n) is 7.21. The van der Waals surface area contributed by atoms with Crippen molar-refractivity contribution in [3.8, 4) is 0 Å². The van der Waals surface area contributed by atoms with E-state index >= 15 is 0 Å². The zero-order valence-corrected chi connectivity index (χ0v) is 23.8. The first-order valence-electron chi connectivity index (χ1n) is 13.3. The fourth-order valence-electron chi connectivity index (χ4n) is 4.81. The molecular formula is C28H36N8O3S. The van der Waals surface area contributed by atoms with Gasteiger partial charge in [-0.3, -0.25) is 15.4 Å². The number of nitrogens with two attached hydrogens (primary N) is 1. The lowest BCUT2D eigenvalue weighted by Gasteiger charge is -2.33. The zero-order chi connectivity index (χ0) is 28.5. The van der Waals surface area contributed by atoms with Crippen LogP contribution in [0.1, 0.15) is 25.1 Å². The second kappa shape index (κ2) is 11.0. The number of fused-ring (bicyclic) bond motifs is 1. The van der Waals surface area contributed by atoms with E-state index in [2.05, 4.69) is 37.8 Å². The largest absolute Gasteiger partial charge is 0.357 e. The van der Waals surface area contributed by atoms with Crippen molar-refractivity contribution in [3.05, 3.63) is 72.1 Å². The van der Waals surface area contributed by atoms with Gasteiger partial charge in [-0.1, -0.05) is 24.3 Å². The van der Waals surface area contributed by atoms with Crippen LogP contribution in [0.4, 0.5) is 17.1 Å². The number of anilines is 3. The van der Waals surface area contributed by atoms with Gasteiger partial charge in [-0.15, -0.1) is 0 Å². The zero-order valence-electron chi connectivity index (χ0n) is 22.9. The van der Waals surface area contributed by atoms with Crippen LogP contribution in [0.5, 0.6) is 0 Å². The summed E-state index contributed by atoms with van der Waals surface area (Å²) in [5.74, 6) is -1.09. The number of amides is 1. The van der Waals surface area contributed by atoms with Crippen LogP contribution >= 0.6 is 0 Å². The van der Waals surface area contributed by atoms with Crippen LogP contribution in [-0.2, 0) is 20.4 Å². The van der Waals surface area contributed by atoms with E-state index in [1.807, 2.05) is 24.3 Å². The molecule has 3 aromatic rings. The molecule has 212 valence electrons. The molecule has 5 rings (SSSR count). The van der Waals surface area contributed by atoms with Crippen molar-refractivity contribution in [3.63, 3.8) is 0 Å². The lowest BCUT2D eigenvalue weighted by Crippen LogP contribution is -2.47. The highest BCUT2D eigenvalue weighted by Gasteiger charge is 2.35. The molecule has 3 heterocycles. The first kappa shape index (κ1) is 27.8. The Bertz CT molecular complexity index is 1530. The summed E-state index contributed by atoms with van der Waals surface area (Å²) in [6.45, 7) is 7.20. The third kappa shape index (κ3) is 5.75. The Hall–Kier alpha value is -3.71. The van der Waals surface area contributed by atoms with Crippen molar-refractivity contribution >= 4 is 38.6 Å². The first-order valence-corrected chi connectivity index (χ1v) is 14.9. The van der Waals surface area contributed by atoms with Gasteiger partial charge in [-0.05, 0) is 51.2 Å². The van der Waals surface area contributed by atoms with Gasteiger partial charge in [-0.2, -0.15) is 0 Å². The van der Waals surface area contributed by atoms with Gasteiger partial charge < -0.3 is 25.8 Å². The Morgan fingerprint density at radius 1 is 1.10 bits per heavy atom. The lowest BCUT2D eigenvalue weighted by atomic mass is 10.1. The number of nitrogens with zero attached hydrogens (tertiary/aromatic N) is 3. The predicted octanol–water partition coefficient (Wildman–Crippen LogP) is 2.44. The van der Waals surface area contributed by atoms with E-state index in [-0.39, 0.29) is 10.8 Å². The van der Waals surface area contributed by atoms with Crippen LogP contribution in [0.3, 0.4) is 0 Å². The molecule has 0 spiro atoms. The molecule has 0 bridgehead atoms. The number of amidine groups is 1.